The Bertz CT molecular complexity index is 949. The van der Waals surface area contributed by atoms with Crippen LogP contribution in [0.1, 0.15) is 45.7 Å². The molecule has 2 N–H and O–H groups in total. The molecule has 0 unspecified atom stereocenters. The number of amides is 2. The Morgan fingerprint density at radius 3 is 2.53 bits per heavy atom. The average Bonchev–Trinajstić information content (AvgIpc) is 3.00. The van der Waals surface area contributed by atoms with Crippen molar-refractivity contribution in [2.75, 3.05) is 19.7 Å². The number of ether oxygens (including phenoxy) is 1. The van der Waals surface area contributed by atoms with Gasteiger partial charge in [0.2, 0.25) is 5.91 Å². The number of hydrogen-bond acceptors (Lipinski definition) is 5. The lowest BCUT2D eigenvalue weighted by molar-refractivity contribution is -0.137. The quantitative estimate of drug-likeness (QED) is 0.727. The molecule has 3 rings (SSSR count). The van der Waals surface area contributed by atoms with Gasteiger partial charge in [-0.25, -0.2) is 4.79 Å². The van der Waals surface area contributed by atoms with E-state index in [4.69, 9.17) is 10.5 Å². The van der Waals surface area contributed by atoms with E-state index in [-0.39, 0.29) is 25.0 Å². The van der Waals surface area contributed by atoms with Crippen molar-refractivity contribution in [3.05, 3.63) is 52.3 Å². The monoisotopic (exact) mass is 412 g/mol. The normalized spacial score (nSPS) is 16.4. The summed E-state index contributed by atoms with van der Waals surface area (Å²) in [7, 11) is 0. The number of hydrogen-bond donors (Lipinski definition) is 1. The molecule has 30 heavy (non-hydrogen) atoms. The maximum Gasteiger partial charge on any atom is 0.342 e. The summed E-state index contributed by atoms with van der Waals surface area (Å²) in [6, 6.07) is 8.12. The molecule has 1 fully saturated rings. The molecule has 8 nitrogen and oxygen atoms in total. The van der Waals surface area contributed by atoms with Crippen LogP contribution in [0.5, 0.6) is 0 Å². The summed E-state index contributed by atoms with van der Waals surface area (Å²) in [6.07, 6.45) is 1.38. The van der Waals surface area contributed by atoms with Crippen LogP contribution in [0.2, 0.25) is 0 Å². The second-order valence-electron chi connectivity index (χ2n) is 7.85. The van der Waals surface area contributed by atoms with Crippen LogP contribution in [0.4, 0.5) is 0 Å². The minimum atomic E-state index is -0.572. The van der Waals surface area contributed by atoms with Crippen LogP contribution >= 0.6 is 0 Å². The Morgan fingerprint density at radius 1 is 1.17 bits per heavy atom. The summed E-state index contributed by atoms with van der Waals surface area (Å²) in [4.78, 5) is 38.0. The van der Waals surface area contributed by atoms with Crippen LogP contribution in [-0.4, -0.2) is 52.2 Å². The number of likely N-dealkylation sites (tertiary alicyclic amines) is 1. The number of carbonyl (C=O) groups is 3. The molecule has 1 aromatic carbocycles. The number of piperidine rings is 1. The van der Waals surface area contributed by atoms with Gasteiger partial charge in [0.15, 0.2) is 6.61 Å². The summed E-state index contributed by atoms with van der Waals surface area (Å²) in [5.41, 5.74) is 9.24. The molecular formula is C22H28N4O4. The number of nitrogens with zero attached hydrogens (tertiary/aromatic N) is 3. The Labute approximate surface area is 176 Å². The highest BCUT2D eigenvalue weighted by Crippen LogP contribution is 2.18. The van der Waals surface area contributed by atoms with Crippen LogP contribution in [0.25, 0.3) is 0 Å². The maximum atomic E-state index is 12.6. The van der Waals surface area contributed by atoms with E-state index in [2.05, 4.69) is 5.10 Å². The van der Waals surface area contributed by atoms with Crippen molar-refractivity contribution in [2.24, 2.45) is 11.7 Å². The molecule has 1 aliphatic rings. The Hall–Kier alpha value is -3.16. The van der Waals surface area contributed by atoms with E-state index in [0.717, 1.165) is 5.56 Å². The minimum Gasteiger partial charge on any atom is -0.452 e. The molecule has 160 valence electrons. The van der Waals surface area contributed by atoms with Crippen LogP contribution in [0.3, 0.4) is 0 Å². The number of carbonyl (C=O) groups excluding carboxylic acids is 3. The highest BCUT2D eigenvalue weighted by molar-refractivity contribution is 5.93. The zero-order chi connectivity index (χ0) is 21.8. The molecule has 0 aliphatic carbocycles. The number of aryl methyl sites for hydroxylation is 2. The average molecular weight is 412 g/mol. The van der Waals surface area contributed by atoms with E-state index in [1.54, 1.807) is 11.6 Å². The number of rotatable bonds is 6. The SMILES string of the molecule is Cc1ccc(Cn2nc(C)c(C(=O)OCC(=O)N3CCC[C@@H](C(N)=O)C3)c2C)cc1. The molecule has 1 aromatic heterocycles. The summed E-state index contributed by atoms with van der Waals surface area (Å²) in [5, 5.41) is 4.46. The standard InChI is InChI=1S/C22H28N4O4/c1-14-6-8-17(9-7-14)11-26-16(3)20(15(2)24-26)22(29)30-13-19(27)25-10-4-5-18(12-25)21(23)28/h6-9,18H,4-5,10-13H2,1-3H3,(H2,23,28)/t18-/m1/s1. The van der Waals surface area contributed by atoms with E-state index >= 15 is 0 Å². The van der Waals surface area contributed by atoms with Gasteiger partial charge >= 0.3 is 5.97 Å². The highest BCUT2D eigenvalue weighted by Gasteiger charge is 2.28. The van der Waals surface area contributed by atoms with E-state index in [1.807, 2.05) is 38.1 Å². The molecule has 1 saturated heterocycles. The van der Waals surface area contributed by atoms with E-state index in [0.29, 0.717) is 42.9 Å². The molecule has 0 bridgehead atoms. The first-order chi connectivity index (χ1) is 14.3. The lowest BCUT2D eigenvalue weighted by Gasteiger charge is -2.31. The molecule has 0 spiro atoms. The largest absolute Gasteiger partial charge is 0.452 e. The molecule has 0 saturated carbocycles. The molecule has 2 aromatic rings. The first-order valence-corrected chi connectivity index (χ1v) is 10.1. The van der Waals surface area contributed by atoms with Crippen molar-refractivity contribution >= 4 is 17.8 Å². The Kier molecular flexibility index (Phi) is 6.54. The lowest BCUT2D eigenvalue weighted by atomic mass is 9.97. The van der Waals surface area contributed by atoms with E-state index in [9.17, 15) is 14.4 Å². The maximum absolute atomic E-state index is 12.6. The minimum absolute atomic E-state index is 0.276. The van der Waals surface area contributed by atoms with Crippen LogP contribution in [-0.2, 0) is 20.9 Å². The summed E-state index contributed by atoms with van der Waals surface area (Å²) in [6.45, 7) is 6.58. The number of nitrogens with two attached hydrogens (primary N) is 1. The second-order valence-corrected chi connectivity index (χ2v) is 7.85. The van der Waals surface area contributed by atoms with Gasteiger partial charge in [0.05, 0.1) is 23.9 Å². The van der Waals surface area contributed by atoms with Crippen molar-refractivity contribution in [2.45, 2.75) is 40.2 Å². The topological polar surface area (TPSA) is 108 Å². The van der Waals surface area contributed by atoms with Gasteiger partial charge in [0.25, 0.3) is 5.91 Å². The fourth-order valence-electron chi connectivity index (χ4n) is 3.74. The molecule has 8 heteroatoms. The van der Waals surface area contributed by atoms with Gasteiger partial charge < -0.3 is 15.4 Å². The van der Waals surface area contributed by atoms with Gasteiger partial charge in [-0.05, 0) is 39.2 Å². The Balaban J connectivity index is 1.62. The fraction of sp³-hybridized carbons (Fsp3) is 0.455. The van der Waals surface area contributed by atoms with Crippen molar-refractivity contribution in [3.63, 3.8) is 0 Å². The summed E-state index contributed by atoms with van der Waals surface area (Å²) < 4.78 is 7.04. The molecule has 2 heterocycles. The zero-order valence-corrected chi connectivity index (χ0v) is 17.7. The van der Waals surface area contributed by atoms with Gasteiger partial charge in [-0.1, -0.05) is 29.8 Å². The van der Waals surface area contributed by atoms with Gasteiger partial charge in [-0.15, -0.1) is 0 Å². The lowest BCUT2D eigenvalue weighted by Crippen LogP contribution is -2.45. The first-order valence-electron chi connectivity index (χ1n) is 10.1. The first kappa shape index (κ1) is 21.5. The Morgan fingerprint density at radius 2 is 1.87 bits per heavy atom. The van der Waals surface area contributed by atoms with Crippen molar-refractivity contribution in [1.82, 2.24) is 14.7 Å². The molecular weight excluding hydrogens is 384 g/mol. The van der Waals surface area contributed by atoms with Gasteiger partial charge in [-0.2, -0.15) is 5.10 Å². The zero-order valence-electron chi connectivity index (χ0n) is 17.7. The second kappa shape index (κ2) is 9.11. The van der Waals surface area contributed by atoms with Crippen LogP contribution in [0.15, 0.2) is 24.3 Å². The van der Waals surface area contributed by atoms with Crippen molar-refractivity contribution in [3.8, 4) is 0 Å². The van der Waals surface area contributed by atoms with E-state index in [1.165, 1.54) is 10.5 Å². The predicted octanol–water partition coefficient (Wildman–Crippen LogP) is 1.74. The van der Waals surface area contributed by atoms with Gasteiger partial charge in [0.1, 0.15) is 5.56 Å². The molecule has 1 atom stereocenters. The smallest absolute Gasteiger partial charge is 0.342 e. The third-order valence-electron chi connectivity index (χ3n) is 5.54. The summed E-state index contributed by atoms with van der Waals surface area (Å²) in [5.74, 6) is -1.65. The van der Waals surface area contributed by atoms with Crippen molar-refractivity contribution in [1.29, 1.82) is 0 Å². The highest BCUT2D eigenvalue weighted by atomic mass is 16.5. The third-order valence-corrected chi connectivity index (χ3v) is 5.54. The van der Waals surface area contributed by atoms with E-state index < -0.39 is 11.9 Å². The number of esters is 1. The van der Waals surface area contributed by atoms with Crippen LogP contribution < -0.4 is 5.73 Å². The fourth-order valence-corrected chi connectivity index (χ4v) is 3.74. The summed E-state index contributed by atoms with van der Waals surface area (Å²) >= 11 is 0. The predicted molar refractivity (Wildman–Crippen MR) is 111 cm³/mol. The van der Waals surface area contributed by atoms with Crippen molar-refractivity contribution < 1.29 is 19.1 Å². The van der Waals surface area contributed by atoms with Gasteiger partial charge in [0, 0.05) is 13.1 Å². The molecule has 0 radical (unpaired) electrons. The number of aromatic nitrogens is 2. The third kappa shape index (κ3) is 4.87. The number of primary amides is 1. The van der Waals surface area contributed by atoms with Gasteiger partial charge in [-0.3, -0.25) is 14.3 Å². The van der Waals surface area contributed by atoms with Crippen LogP contribution in [0, 0.1) is 26.7 Å². The molecule has 2 amide bonds. The molecule has 1 aliphatic heterocycles. The number of benzene rings is 1.